The van der Waals surface area contributed by atoms with Crippen LogP contribution in [0.1, 0.15) is 87.5 Å². The van der Waals surface area contributed by atoms with Gasteiger partial charge in [0, 0.05) is 50.7 Å². The van der Waals surface area contributed by atoms with Crippen molar-refractivity contribution in [2.75, 3.05) is 38.0 Å². The molecule has 2 fully saturated rings. The molecular weight excluding hydrogens is 817 g/mol. The van der Waals surface area contributed by atoms with Crippen molar-refractivity contribution in [3.05, 3.63) is 23.0 Å². The molecular formula is C35H54N10O12S2. The number of β-lactam (4-membered cyclic amide) rings is 1. The summed E-state index contributed by atoms with van der Waals surface area (Å²) in [6.07, 6.45) is 0.809. The third-order valence-electron chi connectivity index (χ3n) is 8.20. The maximum Gasteiger partial charge on any atom is 0.413 e. The number of aromatic nitrogens is 4. The summed E-state index contributed by atoms with van der Waals surface area (Å²) in [6, 6.07) is -2.89. The Bertz CT molecular complexity index is 2020. The molecule has 0 unspecified atom stereocenters. The first-order valence-corrected chi connectivity index (χ1v) is 21.0. The summed E-state index contributed by atoms with van der Waals surface area (Å²) in [7, 11) is -5.08. The Morgan fingerprint density at radius 2 is 1.54 bits per heavy atom. The van der Waals surface area contributed by atoms with E-state index < -0.39 is 74.4 Å². The highest BCUT2D eigenvalue weighted by Gasteiger charge is 2.54. The van der Waals surface area contributed by atoms with E-state index in [1.807, 2.05) is 20.8 Å². The normalized spacial score (nSPS) is 18.5. The fraction of sp³-hybridized carbons (Fsp3) is 0.686. The molecule has 0 spiro atoms. The molecule has 22 nitrogen and oxygen atoms in total. The smallest absolute Gasteiger partial charge is 0.413 e. The second-order valence-electron chi connectivity index (χ2n) is 17.3. The van der Waals surface area contributed by atoms with Crippen LogP contribution in [0.2, 0.25) is 0 Å². The second kappa shape index (κ2) is 17.7. The van der Waals surface area contributed by atoms with Gasteiger partial charge in [-0.2, -0.15) is 8.42 Å². The van der Waals surface area contributed by atoms with E-state index in [0.29, 0.717) is 44.8 Å². The molecule has 328 valence electrons. The molecule has 0 bridgehead atoms. The van der Waals surface area contributed by atoms with Crippen LogP contribution < -0.4 is 10.6 Å². The number of oxime groups is 1. The van der Waals surface area contributed by atoms with E-state index in [-0.39, 0.29) is 27.8 Å². The van der Waals surface area contributed by atoms with Gasteiger partial charge < -0.3 is 29.3 Å². The van der Waals surface area contributed by atoms with E-state index in [4.69, 9.17) is 19.0 Å². The Labute approximate surface area is 346 Å². The molecule has 2 aromatic heterocycles. The fourth-order valence-corrected chi connectivity index (χ4v) is 7.02. The SMILES string of the molecule is CC(C)(C)OC(=O)Nc1nc(C(=NOC(C)(C)C(=O)OC(C)(C)C)C(=O)N[C@@H]2C(=O)N(S(=O)(=O)O)[C@@H]2Cn2cc(CCN3CCN(C(=O)OC(C)(C)C)CC3)nn2)cs1. The third-order valence-corrected chi connectivity index (χ3v) is 9.90. The van der Waals surface area contributed by atoms with Crippen molar-refractivity contribution in [3.63, 3.8) is 0 Å². The number of esters is 1. The number of rotatable bonds is 13. The van der Waals surface area contributed by atoms with Crippen LogP contribution in [-0.2, 0) is 56.7 Å². The molecule has 59 heavy (non-hydrogen) atoms. The zero-order chi connectivity index (χ0) is 44.3. The number of thiazole rings is 1. The number of anilines is 1. The highest BCUT2D eigenvalue weighted by molar-refractivity contribution is 7.84. The Morgan fingerprint density at radius 3 is 2.12 bits per heavy atom. The number of nitrogens with one attached hydrogen (secondary N) is 2. The average Bonchev–Trinajstić information content (AvgIpc) is 3.72. The second-order valence-corrected chi connectivity index (χ2v) is 19.5. The number of hydrogen-bond donors (Lipinski definition) is 3. The molecule has 0 aliphatic carbocycles. The number of nitrogens with zero attached hydrogens (tertiary/aromatic N) is 8. The topological polar surface area (TPSA) is 266 Å². The van der Waals surface area contributed by atoms with Gasteiger partial charge in [-0.15, -0.1) is 16.4 Å². The Balaban J connectivity index is 1.49. The lowest BCUT2D eigenvalue weighted by Gasteiger charge is -2.43. The summed E-state index contributed by atoms with van der Waals surface area (Å²) in [6.45, 7) is 20.5. The third kappa shape index (κ3) is 13.5. The average molecular weight is 871 g/mol. The van der Waals surface area contributed by atoms with Gasteiger partial charge in [0.2, 0.25) is 5.60 Å². The first kappa shape index (κ1) is 46.7. The van der Waals surface area contributed by atoms with Gasteiger partial charge in [-0.1, -0.05) is 10.4 Å². The number of ether oxygens (including phenoxy) is 3. The van der Waals surface area contributed by atoms with E-state index in [2.05, 4.69) is 36.0 Å². The van der Waals surface area contributed by atoms with E-state index in [9.17, 15) is 36.9 Å². The Hall–Kier alpha value is -4.94. The minimum Gasteiger partial charge on any atom is -0.457 e. The lowest BCUT2D eigenvalue weighted by molar-refractivity contribution is -0.179. The first-order chi connectivity index (χ1) is 27.0. The maximum absolute atomic E-state index is 13.9. The first-order valence-electron chi connectivity index (χ1n) is 18.7. The number of carbonyl (C=O) groups is 5. The van der Waals surface area contributed by atoms with Crippen LogP contribution >= 0.6 is 11.3 Å². The molecule has 2 saturated heterocycles. The molecule has 24 heteroatoms. The molecule has 3 N–H and O–H groups in total. The number of piperazine rings is 1. The summed E-state index contributed by atoms with van der Waals surface area (Å²) in [5.74, 6) is -3.05. The molecule has 0 saturated carbocycles. The van der Waals surface area contributed by atoms with Gasteiger partial charge in [0.1, 0.15) is 28.5 Å². The molecule has 0 radical (unpaired) electrons. The van der Waals surface area contributed by atoms with Crippen molar-refractivity contribution < 1.29 is 56.0 Å². The van der Waals surface area contributed by atoms with Crippen molar-refractivity contribution in [2.45, 2.75) is 124 Å². The van der Waals surface area contributed by atoms with Gasteiger partial charge in [-0.05, 0) is 76.2 Å². The van der Waals surface area contributed by atoms with Gasteiger partial charge in [-0.3, -0.25) is 29.0 Å². The summed E-state index contributed by atoms with van der Waals surface area (Å²) in [5, 5.41) is 18.4. The van der Waals surface area contributed by atoms with Crippen molar-refractivity contribution in [1.29, 1.82) is 0 Å². The molecule has 2 atom stereocenters. The van der Waals surface area contributed by atoms with E-state index >= 15 is 0 Å². The monoisotopic (exact) mass is 870 g/mol. The Kier molecular flexibility index (Phi) is 14.0. The van der Waals surface area contributed by atoms with Gasteiger partial charge in [0.05, 0.1) is 18.3 Å². The maximum atomic E-state index is 13.9. The van der Waals surface area contributed by atoms with E-state index in [1.165, 1.54) is 23.9 Å². The van der Waals surface area contributed by atoms with Crippen LogP contribution in [-0.4, -0.2) is 150 Å². The fourth-order valence-electron chi connectivity index (χ4n) is 5.47. The molecule has 2 aliphatic heterocycles. The molecule has 4 heterocycles. The van der Waals surface area contributed by atoms with Gasteiger partial charge in [-0.25, -0.2) is 23.7 Å². The predicted octanol–water partition coefficient (Wildman–Crippen LogP) is 2.22. The van der Waals surface area contributed by atoms with Crippen LogP contribution in [0.25, 0.3) is 0 Å². The van der Waals surface area contributed by atoms with Gasteiger partial charge in [0.25, 0.3) is 11.8 Å². The molecule has 0 aromatic carbocycles. The molecule has 2 aromatic rings. The molecule has 2 aliphatic rings. The lowest BCUT2D eigenvalue weighted by Crippen LogP contribution is -2.73. The highest BCUT2D eigenvalue weighted by Crippen LogP contribution is 2.26. The van der Waals surface area contributed by atoms with Crippen LogP contribution in [0.4, 0.5) is 14.7 Å². The van der Waals surface area contributed by atoms with Gasteiger partial charge in [0.15, 0.2) is 10.8 Å². The standard InChI is InChI=1S/C35H54N10O12S2/c1-32(2,3)54-28(48)35(10,11)57-40-24(22-20-58-29(36-22)38-30(49)55-33(4,5)6)26(46)37-25-23(45(27(25)47)59(51,52)53)19-44-18-21(39-41-44)12-13-42-14-16-43(17-15-42)31(50)56-34(7,8)9/h18,20,23,25H,12-17,19H2,1-11H3,(H,37,46)(H,36,38,49)(H,51,52,53)/t23-,25+/m1/s1. The van der Waals surface area contributed by atoms with Crippen LogP contribution in [0.15, 0.2) is 16.7 Å². The highest BCUT2D eigenvalue weighted by atomic mass is 32.2. The van der Waals surface area contributed by atoms with Crippen molar-refractivity contribution in [2.24, 2.45) is 5.16 Å². The summed E-state index contributed by atoms with van der Waals surface area (Å²) in [4.78, 5) is 78.3. The lowest BCUT2D eigenvalue weighted by atomic mass is 9.98. The van der Waals surface area contributed by atoms with Gasteiger partial charge >= 0.3 is 28.5 Å². The summed E-state index contributed by atoms with van der Waals surface area (Å²) >= 11 is 0.900. The summed E-state index contributed by atoms with van der Waals surface area (Å²) < 4.78 is 52.2. The minimum absolute atomic E-state index is 0.00124. The predicted molar refractivity (Wildman–Crippen MR) is 212 cm³/mol. The van der Waals surface area contributed by atoms with Crippen molar-refractivity contribution in [1.82, 2.24) is 39.4 Å². The zero-order valence-corrected chi connectivity index (χ0v) is 36.7. The minimum atomic E-state index is -5.08. The molecule has 4 amide bonds. The number of amides is 4. The van der Waals surface area contributed by atoms with E-state index in [0.717, 1.165) is 11.3 Å². The van der Waals surface area contributed by atoms with E-state index in [1.54, 1.807) is 52.6 Å². The van der Waals surface area contributed by atoms with Crippen molar-refractivity contribution >= 4 is 62.5 Å². The quantitative estimate of drug-likeness (QED) is 0.0651. The summed E-state index contributed by atoms with van der Waals surface area (Å²) in [5.41, 5.74) is -4.20. The van der Waals surface area contributed by atoms with Crippen molar-refractivity contribution in [3.8, 4) is 0 Å². The van der Waals surface area contributed by atoms with Crippen LogP contribution in [0.3, 0.4) is 0 Å². The largest absolute Gasteiger partial charge is 0.457 e. The number of hydrogen-bond acceptors (Lipinski definition) is 17. The zero-order valence-electron chi connectivity index (χ0n) is 35.1. The van der Waals surface area contributed by atoms with Crippen LogP contribution in [0, 0.1) is 0 Å². The number of carbonyl (C=O) groups excluding carboxylic acids is 5. The molecule has 4 rings (SSSR count). The Morgan fingerprint density at radius 1 is 0.932 bits per heavy atom. The van der Waals surface area contributed by atoms with Crippen LogP contribution in [0.5, 0.6) is 0 Å².